The molecule has 0 heterocycles. The summed E-state index contributed by atoms with van der Waals surface area (Å²) in [5, 5.41) is 3.04. The van der Waals surface area contributed by atoms with Gasteiger partial charge in [0, 0.05) is 12.0 Å². The van der Waals surface area contributed by atoms with Crippen molar-refractivity contribution in [2.75, 3.05) is 0 Å². The molecule has 4 nitrogen and oxygen atoms in total. The van der Waals surface area contributed by atoms with Crippen LogP contribution in [0.5, 0.6) is 0 Å². The number of carbonyl (C=O) groups is 2. The van der Waals surface area contributed by atoms with E-state index in [0.717, 1.165) is 12.8 Å². The van der Waals surface area contributed by atoms with E-state index in [1.54, 1.807) is 6.92 Å². The molecule has 1 rings (SSSR count). The third-order valence-corrected chi connectivity index (χ3v) is 3.29. The smallest absolute Gasteiger partial charge is 0.307 e. The first-order valence-electron chi connectivity index (χ1n) is 7.30. The van der Waals surface area contributed by atoms with Crippen molar-refractivity contribution in [3.8, 4) is 0 Å². The summed E-state index contributed by atoms with van der Waals surface area (Å²) in [5.41, 5.74) is -0.489. The molecule has 110 valence electrons. The second-order valence-electron chi connectivity index (χ2n) is 6.54. The van der Waals surface area contributed by atoms with Gasteiger partial charge in [-0.2, -0.15) is 0 Å². The number of ether oxygens (including phenoxy) is 1. The van der Waals surface area contributed by atoms with E-state index in [-0.39, 0.29) is 24.2 Å². The molecule has 0 radical (unpaired) electrons. The molecule has 0 aromatic carbocycles. The number of amides is 1. The van der Waals surface area contributed by atoms with Crippen molar-refractivity contribution in [1.29, 1.82) is 0 Å². The monoisotopic (exact) mass is 269 g/mol. The van der Waals surface area contributed by atoms with Gasteiger partial charge < -0.3 is 10.1 Å². The van der Waals surface area contributed by atoms with Crippen LogP contribution in [0.2, 0.25) is 0 Å². The van der Waals surface area contributed by atoms with Crippen molar-refractivity contribution in [3.63, 3.8) is 0 Å². The summed E-state index contributed by atoms with van der Waals surface area (Å²) in [5.74, 6) is -0.659. The maximum absolute atomic E-state index is 12.0. The average Bonchev–Trinajstić information content (AvgIpc) is 2.27. The standard InChI is InChI=1S/C15H27NO3/c1-11(10-13(17)19-15(2,3)4)14(18)16-12-8-6-5-7-9-12/h11-12H,5-10H2,1-4H3,(H,16,18)/t11-/m1/s1. The van der Waals surface area contributed by atoms with Gasteiger partial charge in [0.05, 0.1) is 6.42 Å². The molecule has 19 heavy (non-hydrogen) atoms. The van der Waals surface area contributed by atoms with Crippen LogP contribution in [0.1, 0.15) is 66.2 Å². The lowest BCUT2D eigenvalue weighted by molar-refractivity contribution is -0.157. The SMILES string of the molecule is C[C@H](CC(=O)OC(C)(C)C)C(=O)NC1CCCCC1. The average molecular weight is 269 g/mol. The Bertz CT molecular complexity index is 314. The number of rotatable bonds is 4. The van der Waals surface area contributed by atoms with E-state index < -0.39 is 5.60 Å². The lowest BCUT2D eigenvalue weighted by atomic mass is 9.94. The summed E-state index contributed by atoms with van der Waals surface area (Å²) < 4.78 is 5.23. The van der Waals surface area contributed by atoms with Crippen LogP contribution in [0, 0.1) is 5.92 Å². The van der Waals surface area contributed by atoms with Crippen LogP contribution in [-0.4, -0.2) is 23.5 Å². The fourth-order valence-corrected chi connectivity index (χ4v) is 2.32. The Hall–Kier alpha value is -1.06. The number of carbonyl (C=O) groups excluding carboxylic acids is 2. The fourth-order valence-electron chi connectivity index (χ4n) is 2.32. The second kappa shape index (κ2) is 6.92. The third kappa shape index (κ3) is 6.60. The molecule has 0 aliphatic heterocycles. The molecule has 0 saturated heterocycles. The maximum atomic E-state index is 12.0. The summed E-state index contributed by atoms with van der Waals surface area (Å²) in [7, 11) is 0. The van der Waals surface area contributed by atoms with Crippen molar-refractivity contribution < 1.29 is 14.3 Å². The minimum Gasteiger partial charge on any atom is -0.460 e. The van der Waals surface area contributed by atoms with E-state index >= 15 is 0 Å². The number of hydrogen-bond donors (Lipinski definition) is 1. The molecule has 0 aromatic rings. The zero-order valence-electron chi connectivity index (χ0n) is 12.6. The molecular weight excluding hydrogens is 242 g/mol. The summed E-state index contributed by atoms with van der Waals surface area (Å²) in [6.45, 7) is 7.27. The van der Waals surface area contributed by atoms with Crippen molar-refractivity contribution in [1.82, 2.24) is 5.32 Å². The zero-order chi connectivity index (χ0) is 14.5. The molecule has 0 bridgehead atoms. The van der Waals surface area contributed by atoms with Crippen molar-refractivity contribution >= 4 is 11.9 Å². The van der Waals surface area contributed by atoms with Gasteiger partial charge in [0.25, 0.3) is 0 Å². The summed E-state index contributed by atoms with van der Waals surface area (Å²) >= 11 is 0. The topological polar surface area (TPSA) is 55.4 Å². The number of esters is 1. The van der Waals surface area contributed by atoms with Crippen LogP contribution in [-0.2, 0) is 14.3 Å². The Morgan fingerprint density at radius 3 is 2.32 bits per heavy atom. The Labute approximate surface area is 116 Å². The normalized spacial score (nSPS) is 18.7. The minimum absolute atomic E-state index is 0.0299. The van der Waals surface area contributed by atoms with Gasteiger partial charge in [-0.25, -0.2) is 0 Å². The minimum atomic E-state index is -0.489. The first-order valence-corrected chi connectivity index (χ1v) is 7.30. The molecule has 0 spiro atoms. The fraction of sp³-hybridized carbons (Fsp3) is 0.867. The van der Waals surface area contributed by atoms with Gasteiger partial charge in [0.1, 0.15) is 5.60 Å². The highest BCUT2D eigenvalue weighted by molar-refractivity contribution is 5.83. The molecule has 1 fully saturated rings. The lowest BCUT2D eigenvalue weighted by Gasteiger charge is -2.25. The van der Waals surface area contributed by atoms with Gasteiger partial charge in [-0.3, -0.25) is 9.59 Å². The van der Waals surface area contributed by atoms with Crippen LogP contribution in [0.25, 0.3) is 0 Å². The largest absolute Gasteiger partial charge is 0.460 e. The number of nitrogens with one attached hydrogen (secondary N) is 1. The van der Waals surface area contributed by atoms with Crippen LogP contribution in [0.3, 0.4) is 0 Å². The molecule has 0 unspecified atom stereocenters. The van der Waals surface area contributed by atoms with Crippen LogP contribution in [0.4, 0.5) is 0 Å². The van der Waals surface area contributed by atoms with E-state index in [9.17, 15) is 9.59 Å². The highest BCUT2D eigenvalue weighted by atomic mass is 16.6. The van der Waals surface area contributed by atoms with Crippen LogP contribution >= 0.6 is 0 Å². The molecule has 1 aliphatic carbocycles. The Morgan fingerprint density at radius 2 is 1.79 bits per heavy atom. The first-order chi connectivity index (χ1) is 8.78. The summed E-state index contributed by atoms with van der Waals surface area (Å²) in [6, 6.07) is 0.294. The molecule has 1 amide bonds. The number of hydrogen-bond acceptors (Lipinski definition) is 3. The Kier molecular flexibility index (Phi) is 5.83. The van der Waals surface area contributed by atoms with Gasteiger partial charge in [-0.15, -0.1) is 0 Å². The molecular formula is C15H27NO3. The van der Waals surface area contributed by atoms with Crippen LogP contribution < -0.4 is 5.32 Å². The first kappa shape index (κ1) is 16.0. The second-order valence-corrected chi connectivity index (χ2v) is 6.54. The molecule has 1 N–H and O–H groups in total. The molecule has 0 aromatic heterocycles. The van der Waals surface area contributed by atoms with Gasteiger partial charge >= 0.3 is 5.97 Å². The van der Waals surface area contributed by atoms with Gasteiger partial charge in [0.15, 0.2) is 0 Å². The maximum Gasteiger partial charge on any atom is 0.307 e. The van der Waals surface area contributed by atoms with E-state index in [0.29, 0.717) is 6.04 Å². The van der Waals surface area contributed by atoms with E-state index in [4.69, 9.17) is 4.74 Å². The molecule has 1 atom stereocenters. The highest BCUT2D eigenvalue weighted by Crippen LogP contribution is 2.18. The lowest BCUT2D eigenvalue weighted by Crippen LogP contribution is -2.40. The van der Waals surface area contributed by atoms with Gasteiger partial charge in [-0.05, 0) is 33.6 Å². The molecule has 1 aliphatic rings. The van der Waals surface area contributed by atoms with Crippen LogP contribution in [0.15, 0.2) is 0 Å². The predicted octanol–water partition coefficient (Wildman–Crippen LogP) is 2.80. The van der Waals surface area contributed by atoms with Gasteiger partial charge in [0.2, 0.25) is 5.91 Å². The van der Waals surface area contributed by atoms with Gasteiger partial charge in [-0.1, -0.05) is 26.2 Å². The van der Waals surface area contributed by atoms with Crippen molar-refractivity contribution in [2.45, 2.75) is 77.9 Å². The Morgan fingerprint density at radius 1 is 1.21 bits per heavy atom. The highest BCUT2D eigenvalue weighted by Gasteiger charge is 2.24. The van der Waals surface area contributed by atoms with Crippen molar-refractivity contribution in [2.24, 2.45) is 5.92 Å². The third-order valence-electron chi connectivity index (χ3n) is 3.29. The van der Waals surface area contributed by atoms with E-state index in [1.807, 2.05) is 20.8 Å². The quantitative estimate of drug-likeness (QED) is 0.798. The van der Waals surface area contributed by atoms with E-state index in [2.05, 4.69) is 5.32 Å². The summed E-state index contributed by atoms with van der Waals surface area (Å²) in [4.78, 5) is 23.7. The molecule has 4 heteroatoms. The Balaban J connectivity index is 2.33. The predicted molar refractivity (Wildman–Crippen MR) is 74.6 cm³/mol. The van der Waals surface area contributed by atoms with Crippen molar-refractivity contribution in [3.05, 3.63) is 0 Å². The molecule has 1 saturated carbocycles. The van der Waals surface area contributed by atoms with E-state index in [1.165, 1.54) is 19.3 Å². The summed E-state index contributed by atoms with van der Waals surface area (Å²) in [6.07, 6.45) is 5.90. The zero-order valence-corrected chi connectivity index (χ0v) is 12.6.